The Morgan fingerprint density at radius 2 is 1.04 bits per heavy atom. The van der Waals surface area contributed by atoms with E-state index < -0.39 is 0 Å². The monoisotopic (exact) mass is 1010 g/mol. The number of amides is 1. The van der Waals surface area contributed by atoms with E-state index in [0.29, 0.717) is 42.4 Å². The molecule has 4 rings (SSSR count). The Bertz CT molecular complexity index is 1430. The molecule has 4 aliphatic rings. The minimum atomic E-state index is -0.220. The van der Waals surface area contributed by atoms with Crippen molar-refractivity contribution in [3.63, 3.8) is 0 Å². The predicted molar refractivity (Wildman–Crippen MR) is 298 cm³/mol. The third-order valence-electron chi connectivity index (χ3n) is 19.6. The lowest BCUT2D eigenvalue weighted by Gasteiger charge is -2.58. The molecular formula is C64H117ClN2O4. The number of nitrogens with one attached hydrogen (secondary N) is 1. The van der Waals surface area contributed by atoms with Gasteiger partial charge >= 0.3 is 5.97 Å². The van der Waals surface area contributed by atoms with Crippen LogP contribution < -0.4 is 17.7 Å². The summed E-state index contributed by atoms with van der Waals surface area (Å²) in [7, 11) is 2.43. The summed E-state index contributed by atoms with van der Waals surface area (Å²) in [5.41, 5.74) is 1.80. The lowest BCUT2D eigenvalue weighted by Crippen LogP contribution is -3.00. The Balaban J connectivity index is 0.0000133. The number of unbranched alkanes of at least 4 members (excludes halogenated alkanes) is 30. The fourth-order valence-corrected chi connectivity index (χ4v) is 14.9. The second kappa shape index (κ2) is 36.6. The van der Waals surface area contributed by atoms with Gasteiger partial charge in [0.1, 0.15) is 6.10 Å². The predicted octanol–water partition coefficient (Wildman–Crippen LogP) is 14.9. The van der Waals surface area contributed by atoms with Gasteiger partial charge in [-0.1, -0.05) is 213 Å². The zero-order valence-electron chi connectivity index (χ0n) is 47.9. The van der Waals surface area contributed by atoms with Crippen molar-refractivity contribution in [1.82, 2.24) is 5.32 Å². The molecule has 71 heavy (non-hydrogen) atoms. The van der Waals surface area contributed by atoms with Gasteiger partial charge in [-0.2, -0.15) is 0 Å². The summed E-state index contributed by atoms with van der Waals surface area (Å²) in [5, 5.41) is 3.22. The zero-order chi connectivity index (χ0) is 50.3. The first kappa shape index (κ1) is 63.9. The molecule has 0 aromatic rings. The van der Waals surface area contributed by atoms with Gasteiger partial charge in [-0.05, 0) is 112 Å². The van der Waals surface area contributed by atoms with E-state index in [1.165, 1.54) is 250 Å². The zero-order valence-corrected chi connectivity index (χ0v) is 48.7. The Hall–Kier alpha value is -1.40. The summed E-state index contributed by atoms with van der Waals surface area (Å²) in [6.45, 7) is 15.7. The first-order valence-electron chi connectivity index (χ1n) is 31.5. The summed E-state index contributed by atoms with van der Waals surface area (Å²) in [4.78, 5) is 38.8. The number of hydrogen-bond donors (Lipinski definition) is 1. The van der Waals surface area contributed by atoms with E-state index in [1.807, 2.05) is 6.08 Å². The van der Waals surface area contributed by atoms with E-state index in [1.54, 1.807) is 0 Å². The molecule has 3 fully saturated rings. The van der Waals surface area contributed by atoms with E-state index in [9.17, 15) is 14.4 Å². The largest absolute Gasteiger partial charge is 1.00 e. The maximum Gasteiger partial charge on any atom is 0.306 e. The first-order valence-corrected chi connectivity index (χ1v) is 31.5. The van der Waals surface area contributed by atoms with E-state index in [0.717, 1.165) is 30.3 Å². The van der Waals surface area contributed by atoms with Crippen LogP contribution in [0.5, 0.6) is 0 Å². The number of fused-ring (bicyclic) bond motifs is 5. The SMILES string of the molecule is CCCCCCCCCCCCCCCCCC[N+](C)(CCCCCCCCCCCCCCCCCC)CCNC(=O)CCC(=O)OC(C)[C@H]1CCC2C3CCC4=CC(=O)CC[C@]4(C)C3CC[C@@]21C.[Cl-]. The normalized spacial score (nSPS) is 24.4. The molecule has 0 spiro atoms. The maximum absolute atomic E-state index is 13.3. The van der Waals surface area contributed by atoms with Crippen LogP contribution in [0, 0.1) is 34.5 Å². The number of ketones is 1. The first-order chi connectivity index (χ1) is 34.0. The van der Waals surface area contributed by atoms with Gasteiger partial charge in [0.05, 0.1) is 39.6 Å². The van der Waals surface area contributed by atoms with E-state index >= 15 is 0 Å². The summed E-state index contributed by atoms with van der Waals surface area (Å²) < 4.78 is 7.22. The lowest BCUT2D eigenvalue weighted by molar-refractivity contribution is -0.908. The van der Waals surface area contributed by atoms with Crippen molar-refractivity contribution in [2.24, 2.45) is 34.5 Å². The number of esters is 1. The second-order valence-electron chi connectivity index (χ2n) is 25.1. The number of halogens is 1. The van der Waals surface area contributed by atoms with Gasteiger partial charge < -0.3 is 26.9 Å². The molecule has 0 radical (unpaired) electrons. The van der Waals surface area contributed by atoms with Crippen molar-refractivity contribution in [3.05, 3.63) is 11.6 Å². The van der Waals surface area contributed by atoms with Crippen LogP contribution in [0.2, 0.25) is 0 Å². The average molecular weight is 1010 g/mol. The molecule has 1 amide bonds. The topological polar surface area (TPSA) is 72.5 Å². The Kier molecular flexibility index (Phi) is 32.9. The summed E-state index contributed by atoms with van der Waals surface area (Å²) in [6.07, 6.45) is 55.7. The molecule has 0 bridgehead atoms. The third-order valence-corrected chi connectivity index (χ3v) is 19.6. The van der Waals surface area contributed by atoms with Crippen LogP contribution in [0.4, 0.5) is 0 Å². The van der Waals surface area contributed by atoms with Gasteiger partial charge in [-0.25, -0.2) is 0 Å². The molecule has 0 aromatic heterocycles. The molecule has 0 aromatic carbocycles. The number of ether oxygens (including phenoxy) is 1. The van der Waals surface area contributed by atoms with E-state index in [-0.39, 0.29) is 54.1 Å². The minimum absolute atomic E-state index is 0. The van der Waals surface area contributed by atoms with Crippen LogP contribution in [0.15, 0.2) is 11.6 Å². The summed E-state index contributed by atoms with van der Waals surface area (Å²) >= 11 is 0. The third kappa shape index (κ3) is 23.2. The number of likely N-dealkylation sites (N-methyl/N-ethyl adjacent to an activating group) is 1. The molecule has 7 atom stereocenters. The molecule has 1 N–H and O–H groups in total. The molecule has 3 saturated carbocycles. The Morgan fingerprint density at radius 1 is 0.592 bits per heavy atom. The van der Waals surface area contributed by atoms with Gasteiger partial charge in [0, 0.05) is 18.8 Å². The lowest BCUT2D eigenvalue weighted by atomic mass is 9.46. The number of rotatable bonds is 42. The second-order valence-corrected chi connectivity index (χ2v) is 25.1. The summed E-state index contributed by atoms with van der Waals surface area (Å²) in [5.74, 6) is 2.50. The Morgan fingerprint density at radius 3 is 1.51 bits per heavy atom. The van der Waals surface area contributed by atoms with Crippen LogP contribution in [0.3, 0.4) is 0 Å². The van der Waals surface area contributed by atoms with Gasteiger partial charge in [-0.3, -0.25) is 14.4 Å². The van der Waals surface area contributed by atoms with Crippen molar-refractivity contribution in [3.8, 4) is 0 Å². The smallest absolute Gasteiger partial charge is 0.306 e. The van der Waals surface area contributed by atoms with Crippen LogP contribution in [0.1, 0.15) is 304 Å². The Labute approximate surface area is 446 Å². The molecule has 0 saturated heterocycles. The van der Waals surface area contributed by atoms with Crippen molar-refractivity contribution in [2.75, 3.05) is 33.2 Å². The quantitative estimate of drug-likeness (QED) is 0.0376. The van der Waals surface area contributed by atoms with Gasteiger partial charge in [0.2, 0.25) is 5.91 Å². The number of quaternary nitrogens is 1. The molecule has 7 heteroatoms. The van der Waals surface area contributed by atoms with Crippen LogP contribution >= 0.6 is 0 Å². The molecule has 0 heterocycles. The average Bonchev–Trinajstić information content (AvgIpc) is 3.71. The van der Waals surface area contributed by atoms with Crippen LogP contribution in [0.25, 0.3) is 0 Å². The summed E-state index contributed by atoms with van der Waals surface area (Å²) in [6, 6.07) is 0. The molecule has 6 nitrogen and oxygen atoms in total. The molecule has 4 unspecified atom stereocenters. The highest BCUT2D eigenvalue weighted by atomic mass is 35.5. The highest BCUT2D eigenvalue weighted by Crippen LogP contribution is 2.67. The van der Waals surface area contributed by atoms with Gasteiger partial charge in [0.25, 0.3) is 0 Å². The minimum Gasteiger partial charge on any atom is -1.00 e. The molecule has 4 aliphatic carbocycles. The number of hydrogen-bond acceptors (Lipinski definition) is 4. The number of nitrogens with zero attached hydrogens (tertiary/aromatic N) is 1. The van der Waals surface area contributed by atoms with Crippen LogP contribution in [-0.4, -0.2) is 61.5 Å². The molecule has 414 valence electrons. The highest BCUT2D eigenvalue weighted by Gasteiger charge is 2.60. The highest BCUT2D eigenvalue weighted by molar-refractivity contribution is 5.91. The van der Waals surface area contributed by atoms with Crippen molar-refractivity contribution < 1.29 is 36.0 Å². The van der Waals surface area contributed by atoms with E-state index in [4.69, 9.17) is 4.74 Å². The van der Waals surface area contributed by atoms with Crippen LogP contribution in [-0.2, 0) is 19.1 Å². The standard InChI is InChI=1S/C64H116N2O4.ClH/c1-7-9-11-13-15-17-19-21-23-25-27-29-31-33-35-37-50-66(6,51-38-36-34-32-30-28-26-24-22-20-18-16-14-12-10-8-2)52-49-65-61(68)43-44-62(69)70-54(3)58-41-42-59-57-40-39-55-53-56(67)45-47-63(55,4)60(57)46-48-64(58,59)5;/h53-54,57-60H,7-52H2,1-6H3;1H/t54?,57?,58-,59?,60?,63+,64-;/m1./s1. The number of allylic oxidation sites excluding steroid dienone is 1. The van der Waals surface area contributed by atoms with Crippen molar-refractivity contribution in [2.45, 2.75) is 310 Å². The van der Waals surface area contributed by atoms with Crippen molar-refractivity contribution in [1.29, 1.82) is 0 Å². The van der Waals surface area contributed by atoms with Crippen molar-refractivity contribution >= 4 is 17.7 Å². The fraction of sp³-hybridized carbons (Fsp3) is 0.922. The number of carbonyl (C=O) groups excluding carboxylic acids is 3. The fourth-order valence-electron chi connectivity index (χ4n) is 14.9. The number of carbonyl (C=O) groups is 3. The van der Waals surface area contributed by atoms with E-state index in [2.05, 4.69) is 47.0 Å². The maximum atomic E-state index is 13.3. The van der Waals surface area contributed by atoms with Gasteiger partial charge in [-0.15, -0.1) is 0 Å². The van der Waals surface area contributed by atoms with Gasteiger partial charge in [0.15, 0.2) is 5.78 Å². The molecule has 0 aliphatic heterocycles. The molecular weight excluding hydrogens is 896 g/mol.